The molecule has 0 aliphatic carbocycles. The van der Waals surface area contributed by atoms with E-state index in [4.69, 9.17) is 4.74 Å². The van der Waals surface area contributed by atoms with Gasteiger partial charge in [0.15, 0.2) is 0 Å². The smallest absolute Gasteiger partial charge is 0.236 e. The lowest BCUT2D eigenvalue weighted by atomic mass is 9.89. The summed E-state index contributed by atoms with van der Waals surface area (Å²) in [5.74, 6) is 1.86. The number of nitrogens with one attached hydrogen (secondary N) is 1. The second-order valence-electron chi connectivity index (χ2n) is 5.96. The summed E-state index contributed by atoms with van der Waals surface area (Å²) in [7, 11) is 1.67. The lowest BCUT2D eigenvalue weighted by Crippen LogP contribution is -2.43. The number of likely N-dealkylation sites (tertiary alicyclic amines) is 1. The van der Waals surface area contributed by atoms with E-state index in [-0.39, 0.29) is 5.91 Å². The minimum absolute atomic E-state index is 0.235. The monoisotopic (exact) mass is 270 g/mol. The van der Waals surface area contributed by atoms with Crippen LogP contribution in [-0.4, -0.2) is 50.7 Å². The molecule has 4 heteroatoms. The van der Waals surface area contributed by atoms with Gasteiger partial charge in [-0.25, -0.2) is 0 Å². The summed E-state index contributed by atoms with van der Waals surface area (Å²) in [5, 5.41) is 3.12. The molecule has 0 aromatic carbocycles. The van der Waals surface area contributed by atoms with E-state index in [0.717, 1.165) is 31.5 Å². The fraction of sp³-hybridized carbons (Fsp3) is 0.933. The fourth-order valence-electron chi connectivity index (χ4n) is 2.52. The Labute approximate surface area is 117 Å². The molecule has 1 aliphatic rings. The van der Waals surface area contributed by atoms with Crippen LogP contribution in [-0.2, 0) is 9.53 Å². The van der Waals surface area contributed by atoms with Gasteiger partial charge >= 0.3 is 0 Å². The van der Waals surface area contributed by atoms with E-state index in [1.54, 1.807) is 7.11 Å². The molecular weight excluding hydrogens is 240 g/mol. The summed E-state index contributed by atoms with van der Waals surface area (Å²) in [6.07, 6.45) is 5.00. The van der Waals surface area contributed by atoms with Gasteiger partial charge in [-0.2, -0.15) is 0 Å². The van der Waals surface area contributed by atoms with E-state index in [1.165, 1.54) is 25.7 Å². The SMILES string of the molecule is COCCNCC(=O)N1CCC(CCC(C)C)CC1. The van der Waals surface area contributed by atoms with Crippen LogP contribution in [0.5, 0.6) is 0 Å². The molecule has 0 bridgehead atoms. The summed E-state index contributed by atoms with van der Waals surface area (Å²) >= 11 is 0. The van der Waals surface area contributed by atoms with Crippen LogP contribution in [0.4, 0.5) is 0 Å². The highest BCUT2D eigenvalue weighted by Gasteiger charge is 2.22. The van der Waals surface area contributed by atoms with Gasteiger partial charge in [-0.05, 0) is 24.7 Å². The highest BCUT2D eigenvalue weighted by Crippen LogP contribution is 2.23. The highest BCUT2D eigenvalue weighted by molar-refractivity contribution is 5.78. The van der Waals surface area contributed by atoms with E-state index in [0.29, 0.717) is 13.2 Å². The second kappa shape index (κ2) is 9.32. The van der Waals surface area contributed by atoms with Crippen LogP contribution in [0.2, 0.25) is 0 Å². The lowest BCUT2D eigenvalue weighted by Gasteiger charge is -2.32. The van der Waals surface area contributed by atoms with E-state index in [9.17, 15) is 4.79 Å². The molecule has 1 fully saturated rings. The molecule has 0 unspecified atom stereocenters. The largest absolute Gasteiger partial charge is 0.383 e. The zero-order chi connectivity index (χ0) is 14.1. The van der Waals surface area contributed by atoms with Gasteiger partial charge in [-0.3, -0.25) is 4.79 Å². The van der Waals surface area contributed by atoms with Crippen molar-refractivity contribution in [1.82, 2.24) is 10.2 Å². The standard InChI is InChI=1S/C15H30N2O2/c1-13(2)4-5-14-6-9-17(10-7-14)15(18)12-16-8-11-19-3/h13-14,16H,4-12H2,1-3H3. The van der Waals surface area contributed by atoms with E-state index >= 15 is 0 Å². The molecule has 0 spiro atoms. The van der Waals surface area contributed by atoms with Crippen molar-refractivity contribution < 1.29 is 9.53 Å². The van der Waals surface area contributed by atoms with Gasteiger partial charge in [-0.1, -0.05) is 26.7 Å². The van der Waals surface area contributed by atoms with Crippen LogP contribution in [0.25, 0.3) is 0 Å². The van der Waals surface area contributed by atoms with Crippen LogP contribution in [0.3, 0.4) is 0 Å². The maximum atomic E-state index is 12.0. The van der Waals surface area contributed by atoms with Crippen LogP contribution < -0.4 is 5.32 Å². The van der Waals surface area contributed by atoms with Gasteiger partial charge in [0.05, 0.1) is 13.2 Å². The van der Waals surface area contributed by atoms with E-state index < -0.39 is 0 Å². The normalized spacial score (nSPS) is 17.2. The highest BCUT2D eigenvalue weighted by atomic mass is 16.5. The maximum Gasteiger partial charge on any atom is 0.236 e. The molecule has 0 aromatic heterocycles. The maximum absolute atomic E-state index is 12.0. The Hall–Kier alpha value is -0.610. The zero-order valence-corrected chi connectivity index (χ0v) is 12.8. The molecule has 1 saturated heterocycles. The number of methoxy groups -OCH3 is 1. The molecular formula is C15H30N2O2. The quantitative estimate of drug-likeness (QED) is 0.685. The lowest BCUT2D eigenvalue weighted by molar-refractivity contribution is -0.131. The average Bonchev–Trinajstić information content (AvgIpc) is 2.41. The van der Waals surface area contributed by atoms with Gasteiger partial charge in [0.25, 0.3) is 0 Å². The Morgan fingerprint density at radius 1 is 1.37 bits per heavy atom. The van der Waals surface area contributed by atoms with Gasteiger partial charge in [0.2, 0.25) is 5.91 Å². The van der Waals surface area contributed by atoms with Gasteiger partial charge in [0.1, 0.15) is 0 Å². The predicted octanol–water partition coefficient (Wildman–Crippen LogP) is 1.90. The Morgan fingerprint density at radius 3 is 2.63 bits per heavy atom. The number of ether oxygens (including phenoxy) is 1. The molecule has 112 valence electrons. The second-order valence-corrected chi connectivity index (χ2v) is 5.96. The van der Waals surface area contributed by atoms with Crippen molar-refractivity contribution in [2.45, 2.75) is 39.5 Å². The Kier molecular flexibility index (Phi) is 8.07. The third-order valence-corrected chi connectivity index (χ3v) is 3.88. The molecule has 0 aromatic rings. The van der Waals surface area contributed by atoms with Crippen molar-refractivity contribution >= 4 is 5.91 Å². The molecule has 19 heavy (non-hydrogen) atoms. The predicted molar refractivity (Wildman–Crippen MR) is 78.1 cm³/mol. The Morgan fingerprint density at radius 2 is 2.05 bits per heavy atom. The fourth-order valence-corrected chi connectivity index (χ4v) is 2.52. The summed E-state index contributed by atoms with van der Waals surface area (Å²) in [4.78, 5) is 14.0. The molecule has 4 nitrogen and oxygen atoms in total. The first-order valence-corrected chi connectivity index (χ1v) is 7.61. The number of hydrogen-bond acceptors (Lipinski definition) is 3. The van der Waals surface area contributed by atoms with Crippen LogP contribution >= 0.6 is 0 Å². The van der Waals surface area contributed by atoms with E-state index in [1.807, 2.05) is 4.90 Å². The minimum atomic E-state index is 0.235. The molecule has 1 rings (SSSR count). The molecule has 1 N–H and O–H groups in total. The molecule has 0 saturated carbocycles. The molecule has 0 atom stereocenters. The third kappa shape index (κ3) is 6.92. The van der Waals surface area contributed by atoms with E-state index in [2.05, 4.69) is 19.2 Å². The Bertz CT molecular complexity index is 249. The minimum Gasteiger partial charge on any atom is -0.383 e. The van der Waals surface area contributed by atoms with Gasteiger partial charge < -0.3 is 15.0 Å². The van der Waals surface area contributed by atoms with Crippen molar-refractivity contribution in [2.75, 3.05) is 39.9 Å². The first-order chi connectivity index (χ1) is 9.13. The van der Waals surface area contributed by atoms with Crippen molar-refractivity contribution in [3.05, 3.63) is 0 Å². The van der Waals surface area contributed by atoms with Crippen molar-refractivity contribution in [3.63, 3.8) is 0 Å². The third-order valence-electron chi connectivity index (χ3n) is 3.88. The number of rotatable bonds is 8. The topological polar surface area (TPSA) is 41.6 Å². The summed E-state index contributed by atoms with van der Waals surface area (Å²) in [6.45, 7) is 8.29. The number of piperidine rings is 1. The number of carbonyl (C=O) groups excluding carboxylic acids is 1. The van der Waals surface area contributed by atoms with Gasteiger partial charge in [-0.15, -0.1) is 0 Å². The first-order valence-electron chi connectivity index (χ1n) is 7.61. The first kappa shape index (κ1) is 16.4. The zero-order valence-electron chi connectivity index (χ0n) is 12.8. The molecule has 1 amide bonds. The van der Waals surface area contributed by atoms with Crippen LogP contribution in [0.15, 0.2) is 0 Å². The molecule has 1 aliphatic heterocycles. The summed E-state index contributed by atoms with van der Waals surface area (Å²) in [6, 6.07) is 0. The molecule has 0 radical (unpaired) electrons. The molecule has 1 heterocycles. The number of carbonyl (C=O) groups is 1. The number of nitrogens with zero attached hydrogens (tertiary/aromatic N) is 1. The van der Waals surface area contributed by atoms with Crippen LogP contribution in [0, 0.1) is 11.8 Å². The van der Waals surface area contributed by atoms with Crippen LogP contribution in [0.1, 0.15) is 39.5 Å². The summed E-state index contributed by atoms with van der Waals surface area (Å²) < 4.78 is 4.94. The van der Waals surface area contributed by atoms with Crippen molar-refractivity contribution in [3.8, 4) is 0 Å². The average molecular weight is 270 g/mol. The van der Waals surface area contributed by atoms with Crippen molar-refractivity contribution in [1.29, 1.82) is 0 Å². The number of amides is 1. The van der Waals surface area contributed by atoms with Crippen molar-refractivity contribution in [2.24, 2.45) is 11.8 Å². The Balaban J connectivity index is 2.12. The summed E-state index contributed by atoms with van der Waals surface area (Å²) in [5.41, 5.74) is 0. The van der Waals surface area contributed by atoms with Gasteiger partial charge in [0, 0.05) is 26.7 Å². The number of hydrogen-bond donors (Lipinski definition) is 1.